The van der Waals surface area contributed by atoms with Gasteiger partial charge in [-0.3, -0.25) is 0 Å². The maximum absolute atomic E-state index is 3.81. The lowest BCUT2D eigenvalue weighted by Gasteiger charge is -2.23. The van der Waals surface area contributed by atoms with Gasteiger partial charge in [0.1, 0.15) is 0 Å². The molecule has 5 atom stereocenters. The summed E-state index contributed by atoms with van der Waals surface area (Å²) >= 11 is 0. The molecule has 1 aromatic carbocycles. The van der Waals surface area contributed by atoms with Crippen LogP contribution in [0.15, 0.2) is 18.2 Å². The number of benzene rings is 1. The van der Waals surface area contributed by atoms with Crippen LogP contribution in [0.4, 0.5) is 0 Å². The van der Waals surface area contributed by atoms with Crippen molar-refractivity contribution in [1.82, 2.24) is 5.32 Å². The van der Waals surface area contributed by atoms with Gasteiger partial charge in [0.05, 0.1) is 0 Å². The second-order valence-electron chi connectivity index (χ2n) is 7.52. The maximum atomic E-state index is 3.81. The van der Waals surface area contributed by atoms with Gasteiger partial charge in [-0.25, -0.2) is 0 Å². The summed E-state index contributed by atoms with van der Waals surface area (Å²) in [7, 11) is 0. The smallest absolute Gasteiger partial charge is 0.0354 e. The number of aryl methyl sites for hydroxylation is 2. The largest absolute Gasteiger partial charge is 0.310 e. The molecule has 20 heavy (non-hydrogen) atoms. The van der Waals surface area contributed by atoms with Crippen LogP contribution in [0.5, 0.6) is 0 Å². The van der Waals surface area contributed by atoms with Crippen LogP contribution in [0.2, 0.25) is 0 Å². The lowest BCUT2D eigenvalue weighted by molar-refractivity contribution is 0.374. The van der Waals surface area contributed by atoms with Crippen molar-refractivity contribution in [2.45, 2.75) is 46.1 Å². The van der Waals surface area contributed by atoms with Gasteiger partial charge in [-0.1, -0.05) is 36.2 Å². The van der Waals surface area contributed by atoms with Crippen LogP contribution in [0.1, 0.15) is 48.9 Å². The fourth-order valence-corrected chi connectivity index (χ4v) is 5.72. The van der Waals surface area contributed by atoms with Crippen LogP contribution >= 0.6 is 0 Å². The van der Waals surface area contributed by atoms with Crippen LogP contribution in [0.3, 0.4) is 0 Å². The molecule has 0 aromatic heterocycles. The Morgan fingerprint density at radius 2 is 1.65 bits per heavy atom. The molecule has 108 valence electrons. The van der Waals surface area contributed by atoms with E-state index in [-0.39, 0.29) is 0 Å². The molecule has 4 rings (SSSR count). The monoisotopic (exact) mass is 269 g/mol. The fraction of sp³-hybridized carbons (Fsp3) is 0.684. The molecule has 0 heterocycles. The minimum atomic E-state index is 0.608. The molecule has 0 saturated heterocycles. The van der Waals surface area contributed by atoms with E-state index < -0.39 is 0 Å². The highest BCUT2D eigenvalue weighted by Gasteiger charge is 2.66. The summed E-state index contributed by atoms with van der Waals surface area (Å²) in [5.74, 6) is 5.18. The number of hydrogen-bond acceptors (Lipinski definition) is 1. The van der Waals surface area contributed by atoms with Crippen LogP contribution in [0, 0.1) is 43.4 Å². The van der Waals surface area contributed by atoms with Crippen molar-refractivity contribution in [2.24, 2.45) is 29.6 Å². The van der Waals surface area contributed by atoms with Gasteiger partial charge in [0, 0.05) is 6.04 Å². The van der Waals surface area contributed by atoms with Crippen molar-refractivity contribution in [3.63, 3.8) is 0 Å². The summed E-state index contributed by atoms with van der Waals surface area (Å²) in [6, 6.07) is 7.73. The van der Waals surface area contributed by atoms with E-state index in [1.54, 1.807) is 12.0 Å². The quantitative estimate of drug-likeness (QED) is 0.862. The summed E-state index contributed by atoms with van der Waals surface area (Å²) in [4.78, 5) is 0. The predicted molar refractivity (Wildman–Crippen MR) is 83.6 cm³/mol. The lowest BCUT2D eigenvalue weighted by Crippen LogP contribution is -2.25. The molecular formula is C19H27N. The van der Waals surface area contributed by atoms with Gasteiger partial charge in [-0.05, 0) is 74.8 Å². The Kier molecular flexibility index (Phi) is 2.96. The van der Waals surface area contributed by atoms with Crippen LogP contribution < -0.4 is 5.32 Å². The third-order valence-electron chi connectivity index (χ3n) is 6.21. The van der Waals surface area contributed by atoms with Gasteiger partial charge in [-0.15, -0.1) is 0 Å². The molecule has 1 heteroatoms. The van der Waals surface area contributed by atoms with Gasteiger partial charge < -0.3 is 5.32 Å². The average molecular weight is 269 g/mol. The molecule has 0 spiro atoms. The molecule has 1 N–H and O–H groups in total. The highest BCUT2D eigenvalue weighted by Crippen LogP contribution is 2.72. The Labute approximate surface area is 123 Å². The first-order valence-electron chi connectivity index (χ1n) is 8.50. The van der Waals surface area contributed by atoms with Crippen molar-refractivity contribution < 1.29 is 0 Å². The maximum Gasteiger partial charge on any atom is 0.0354 e. The molecule has 3 saturated carbocycles. The third kappa shape index (κ3) is 1.86. The van der Waals surface area contributed by atoms with Crippen molar-refractivity contribution in [2.75, 3.05) is 6.54 Å². The number of hydrogen-bond donors (Lipinski definition) is 1. The lowest BCUT2D eigenvalue weighted by atomic mass is 9.91. The fourth-order valence-electron chi connectivity index (χ4n) is 5.72. The minimum Gasteiger partial charge on any atom is -0.310 e. The van der Waals surface area contributed by atoms with E-state index >= 15 is 0 Å². The molecule has 5 unspecified atom stereocenters. The summed E-state index contributed by atoms with van der Waals surface area (Å²) in [5, 5.41) is 3.81. The summed E-state index contributed by atoms with van der Waals surface area (Å²) < 4.78 is 0. The number of fused-ring (bicyclic) bond motifs is 5. The SMILES string of the molecule is CCNC(c1cc(C)cc(C)c1)C1C2C3CCC(C3)C21. The van der Waals surface area contributed by atoms with Gasteiger partial charge in [-0.2, -0.15) is 0 Å². The van der Waals surface area contributed by atoms with Crippen LogP contribution in [-0.2, 0) is 0 Å². The van der Waals surface area contributed by atoms with Crippen molar-refractivity contribution in [3.8, 4) is 0 Å². The first kappa shape index (κ1) is 12.9. The first-order valence-corrected chi connectivity index (χ1v) is 8.50. The van der Waals surface area contributed by atoms with Gasteiger partial charge in [0.15, 0.2) is 0 Å². The van der Waals surface area contributed by atoms with E-state index in [2.05, 4.69) is 44.3 Å². The zero-order chi connectivity index (χ0) is 13.9. The van der Waals surface area contributed by atoms with E-state index in [1.807, 2.05) is 0 Å². The highest BCUT2D eigenvalue weighted by molar-refractivity contribution is 5.33. The van der Waals surface area contributed by atoms with Gasteiger partial charge >= 0.3 is 0 Å². The van der Waals surface area contributed by atoms with Gasteiger partial charge in [0.25, 0.3) is 0 Å². The zero-order valence-electron chi connectivity index (χ0n) is 13.0. The molecule has 3 aliphatic rings. The summed E-state index contributed by atoms with van der Waals surface area (Å²) in [6.07, 6.45) is 4.60. The van der Waals surface area contributed by atoms with Crippen molar-refractivity contribution >= 4 is 0 Å². The first-order chi connectivity index (χ1) is 9.69. The molecule has 0 radical (unpaired) electrons. The zero-order valence-corrected chi connectivity index (χ0v) is 13.0. The van der Waals surface area contributed by atoms with Crippen LogP contribution in [0.25, 0.3) is 0 Å². The standard InChI is InChI=1S/C19H27N/c1-4-20-19(15-8-11(2)7-12(3)9-15)18-16-13-5-6-14(10-13)17(16)18/h7-9,13-14,16-20H,4-6,10H2,1-3H3. The van der Waals surface area contributed by atoms with E-state index in [0.717, 1.165) is 36.1 Å². The van der Waals surface area contributed by atoms with Crippen molar-refractivity contribution in [1.29, 1.82) is 0 Å². The Morgan fingerprint density at radius 1 is 1.05 bits per heavy atom. The van der Waals surface area contributed by atoms with Crippen LogP contribution in [-0.4, -0.2) is 6.54 Å². The Bertz CT molecular complexity index is 484. The predicted octanol–water partition coefficient (Wildman–Crippen LogP) is 4.25. The van der Waals surface area contributed by atoms with Crippen molar-refractivity contribution in [3.05, 3.63) is 34.9 Å². The Morgan fingerprint density at radius 3 is 2.20 bits per heavy atom. The van der Waals surface area contributed by atoms with E-state index in [1.165, 1.54) is 24.0 Å². The normalized spacial score (nSPS) is 38.9. The molecule has 3 aliphatic carbocycles. The summed E-state index contributed by atoms with van der Waals surface area (Å²) in [5.41, 5.74) is 4.37. The molecule has 1 nitrogen and oxygen atoms in total. The molecule has 0 aliphatic heterocycles. The number of rotatable bonds is 4. The third-order valence-corrected chi connectivity index (χ3v) is 6.21. The summed E-state index contributed by atoms with van der Waals surface area (Å²) in [6.45, 7) is 7.80. The minimum absolute atomic E-state index is 0.608. The topological polar surface area (TPSA) is 12.0 Å². The second-order valence-corrected chi connectivity index (χ2v) is 7.52. The Balaban J connectivity index is 1.62. The highest BCUT2D eigenvalue weighted by atomic mass is 14.9. The van der Waals surface area contributed by atoms with E-state index in [9.17, 15) is 0 Å². The molecular weight excluding hydrogens is 242 g/mol. The number of nitrogens with one attached hydrogen (secondary N) is 1. The molecule has 0 amide bonds. The second kappa shape index (κ2) is 4.59. The molecule has 3 fully saturated rings. The van der Waals surface area contributed by atoms with E-state index in [4.69, 9.17) is 0 Å². The molecule has 1 aromatic rings. The van der Waals surface area contributed by atoms with E-state index in [0.29, 0.717) is 6.04 Å². The average Bonchev–Trinajstić information content (AvgIpc) is 2.82. The Hall–Kier alpha value is -0.820. The van der Waals surface area contributed by atoms with Gasteiger partial charge in [0.2, 0.25) is 0 Å². The molecule has 2 bridgehead atoms.